The first-order chi connectivity index (χ1) is 9.75. The third-order valence-corrected chi connectivity index (χ3v) is 3.10. The topological polar surface area (TPSA) is 62.9 Å². The fourth-order valence-corrected chi connectivity index (χ4v) is 2.00. The Balaban J connectivity index is 1.65. The number of nitrogens with one attached hydrogen (secondary N) is 1. The predicted octanol–water partition coefficient (Wildman–Crippen LogP) is 1.27. The Hall–Kier alpha value is -1.82. The molecule has 1 aliphatic heterocycles. The number of aliphatic imine (C=N–C) groups is 1. The van der Waals surface area contributed by atoms with Gasteiger partial charge in [0.25, 0.3) is 0 Å². The molecule has 1 aromatic carbocycles. The fraction of sp³-hybridized carbons (Fsp3) is 0.500. The van der Waals surface area contributed by atoms with E-state index in [1.807, 2.05) is 11.0 Å². The zero-order valence-electron chi connectivity index (χ0n) is 11.5. The highest BCUT2D eigenvalue weighted by molar-refractivity contribution is 5.78. The van der Waals surface area contributed by atoms with Gasteiger partial charge in [-0.25, -0.2) is 4.39 Å². The molecule has 0 bridgehead atoms. The Labute approximate surface area is 118 Å². The van der Waals surface area contributed by atoms with Crippen LogP contribution in [0.5, 0.6) is 0 Å². The highest BCUT2D eigenvalue weighted by Crippen LogP contribution is 2.08. The van der Waals surface area contributed by atoms with E-state index >= 15 is 0 Å². The van der Waals surface area contributed by atoms with Crippen molar-refractivity contribution >= 4 is 11.6 Å². The van der Waals surface area contributed by atoms with Crippen LogP contribution in [0.15, 0.2) is 29.3 Å². The van der Waals surface area contributed by atoms with Crippen molar-refractivity contribution in [3.05, 3.63) is 30.1 Å². The van der Waals surface area contributed by atoms with Crippen molar-refractivity contribution in [2.75, 3.05) is 44.7 Å². The first-order valence-corrected chi connectivity index (χ1v) is 6.88. The van der Waals surface area contributed by atoms with E-state index in [2.05, 4.69) is 10.3 Å². The van der Waals surface area contributed by atoms with Crippen molar-refractivity contribution in [1.29, 1.82) is 0 Å². The lowest BCUT2D eigenvalue weighted by molar-refractivity contribution is 0.0674. The zero-order valence-corrected chi connectivity index (χ0v) is 11.5. The summed E-state index contributed by atoms with van der Waals surface area (Å²) in [5, 5.41) is 3.16. The minimum Gasteiger partial charge on any atom is -0.385 e. The number of nitrogens with two attached hydrogens (primary N) is 1. The summed E-state index contributed by atoms with van der Waals surface area (Å²) < 4.78 is 18.2. The van der Waals surface area contributed by atoms with Gasteiger partial charge in [0.1, 0.15) is 5.82 Å². The highest BCUT2D eigenvalue weighted by atomic mass is 19.1. The lowest BCUT2D eigenvalue weighted by Crippen LogP contribution is -2.44. The number of halogens is 1. The first-order valence-electron chi connectivity index (χ1n) is 6.88. The molecule has 0 amide bonds. The Morgan fingerprint density at radius 1 is 1.40 bits per heavy atom. The van der Waals surface area contributed by atoms with Gasteiger partial charge >= 0.3 is 0 Å². The van der Waals surface area contributed by atoms with Crippen LogP contribution in [0, 0.1) is 5.82 Å². The van der Waals surface area contributed by atoms with Gasteiger partial charge in [-0.3, -0.25) is 4.99 Å². The van der Waals surface area contributed by atoms with Gasteiger partial charge in [-0.05, 0) is 24.6 Å². The molecule has 1 aliphatic rings. The van der Waals surface area contributed by atoms with E-state index in [1.165, 1.54) is 12.1 Å². The Kier molecular flexibility index (Phi) is 5.61. The van der Waals surface area contributed by atoms with Gasteiger partial charge in [-0.1, -0.05) is 6.07 Å². The molecule has 20 heavy (non-hydrogen) atoms. The number of guanidine groups is 1. The predicted molar refractivity (Wildman–Crippen MR) is 78.4 cm³/mol. The van der Waals surface area contributed by atoms with E-state index in [4.69, 9.17) is 10.5 Å². The summed E-state index contributed by atoms with van der Waals surface area (Å²) in [6.07, 6.45) is 0.849. The average Bonchev–Trinajstić information content (AvgIpc) is 2.48. The maximum Gasteiger partial charge on any atom is 0.191 e. The molecule has 0 aromatic heterocycles. The summed E-state index contributed by atoms with van der Waals surface area (Å²) >= 11 is 0. The van der Waals surface area contributed by atoms with Crippen LogP contribution in [0.1, 0.15) is 6.42 Å². The molecule has 5 nitrogen and oxygen atoms in total. The maximum atomic E-state index is 13.0. The minimum atomic E-state index is -0.232. The summed E-state index contributed by atoms with van der Waals surface area (Å²) in [4.78, 5) is 6.38. The van der Waals surface area contributed by atoms with Crippen LogP contribution in [0.4, 0.5) is 10.1 Å². The van der Waals surface area contributed by atoms with Crippen LogP contribution in [0.3, 0.4) is 0 Å². The molecule has 0 saturated carbocycles. The van der Waals surface area contributed by atoms with Crippen LogP contribution in [0.2, 0.25) is 0 Å². The van der Waals surface area contributed by atoms with Crippen LogP contribution < -0.4 is 11.1 Å². The second kappa shape index (κ2) is 7.69. The summed E-state index contributed by atoms with van der Waals surface area (Å²) in [5.41, 5.74) is 6.70. The molecule has 0 unspecified atom stereocenters. The molecule has 1 fully saturated rings. The van der Waals surface area contributed by atoms with Crippen LogP contribution in [-0.4, -0.2) is 50.3 Å². The molecule has 1 aromatic rings. The molecule has 3 N–H and O–H groups in total. The van der Waals surface area contributed by atoms with E-state index in [1.54, 1.807) is 6.07 Å². The molecule has 0 spiro atoms. The number of rotatable bonds is 5. The van der Waals surface area contributed by atoms with Crippen LogP contribution in [-0.2, 0) is 4.74 Å². The highest BCUT2D eigenvalue weighted by Gasteiger charge is 2.11. The average molecular weight is 280 g/mol. The Morgan fingerprint density at radius 2 is 2.20 bits per heavy atom. The van der Waals surface area contributed by atoms with Gasteiger partial charge in [-0.2, -0.15) is 0 Å². The monoisotopic (exact) mass is 280 g/mol. The largest absolute Gasteiger partial charge is 0.385 e. The second-order valence-electron chi connectivity index (χ2n) is 4.63. The van der Waals surface area contributed by atoms with E-state index in [0.29, 0.717) is 25.7 Å². The minimum absolute atomic E-state index is 0.232. The number of anilines is 1. The third kappa shape index (κ3) is 4.70. The van der Waals surface area contributed by atoms with Crippen LogP contribution >= 0.6 is 0 Å². The van der Waals surface area contributed by atoms with Gasteiger partial charge in [0.15, 0.2) is 5.96 Å². The van der Waals surface area contributed by atoms with Gasteiger partial charge in [0, 0.05) is 31.9 Å². The van der Waals surface area contributed by atoms with Gasteiger partial charge in [0.05, 0.1) is 13.2 Å². The normalized spacial score (nSPS) is 16.2. The standard InChI is InChI=1S/C14H21FN4O/c15-12-3-1-4-13(11-12)17-5-2-6-18-14(16)19-7-9-20-10-8-19/h1,3-4,11,17H,2,5-10H2,(H2,16,18). The molecule has 0 atom stereocenters. The summed E-state index contributed by atoms with van der Waals surface area (Å²) in [6, 6.07) is 6.44. The third-order valence-electron chi connectivity index (χ3n) is 3.10. The van der Waals surface area contributed by atoms with Crippen LogP contribution in [0.25, 0.3) is 0 Å². The van der Waals surface area contributed by atoms with Gasteiger partial charge < -0.3 is 20.7 Å². The number of hydrogen-bond donors (Lipinski definition) is 2. The number of ether oxygens (including phenoxy) is 1. The molecule has 110 valence electrons. The van der Waals surface area contributed by atoms with E-state index in [0.717, 1.165) is 31.7 Å². The molecule has 0 aliphatic carbocycles. The van der Waals surface area contributed by atoms with E-state index < -0.39 is 0 Å². The molecule has 1 heterocycles. The quantitative estimate of drug-likeness (QED) is 0.484. The van der Waals surface area contributed by atoms with E-state index in [-0.39, 0.29) is 5.82 Å². The Morgan fingerprint density at radius 3 is 2.95 bits per heavy atom. The first kappa shape index (κ1) is 14.6. The number of nitrogens with zero attached hydrogens (tertiary/aromatic N) is 2. The molecule has 2 rings (SSSR count). The smallest absolute Gasteiger partial charge is 0.191 e. The summed E-state index contributed by atoms with van der Waals surface area (Å²) in [5.74, 6) is 0.351. The van der Waals surface area contributed by atoms with Crippen molar-refractivity contribution in [2.24, 2.45) is 10.7 Å². The number of benzene rings is 1. The van der Waals surface area contributed by atoms with Crippen molar-refractivity contribution in [2.45, 2.75) is 6.42 Å². The fourth-order valence-electron chi connectivity index (χ4n) is 2.00. The Bertz CT molecular complexity index is 447. The lowest BCUT2D eigenvalue weighted by atomic mass is 10.3. The molecule has 1 saturated heterocycles. The van der Waals surface area contributed by atoms with Gasteiger partial charge in [-0.15, -0.1) is 0 Å². The van der Waals surface area contributed by atoms with Gasteiger partial charge in [0.2, 0.25) is 0 Å². The zero-order chi connectivity index (χ0) is 14.2. The molecule has 0 radical (unpaired) electrons. The molecular weight excluding hydrogens is 259 g/mol. The summed E-state index contributed by atoms with van der Waals surface area (Å²) in [6.45, 7) is 4.41. The molecular formula is C14H21FN4O. The van der Waals surface area contributed by atoms with Crippen molar-refractivity contribution in [3.63, 3.8) is 0 Å². The second-order valence-corrected chi connectivity index (χ2v) is 4.63. The maximum absolute atomic E-state index is 13.0. The molecule has 6 heteroatoms. The van der Waals surface area contributed by atoms with Crippen molar-refractivity contribution in [1.82, 2.24) is 4.90 Å². The van der Waals surface area contributed by atoms with Crippen molar-refractivity contribution in [3.8, 4) is 0 Å². The lowest BCUT2D eigenvalue weighted by Gasteiger charge is -2.27. The summed E-state index contributed by atoms with van der Waals surface area (Å²) in [7, 11) is 0. The number of hydrogen-bond acceptors (Lipinski definition) is 3. The SMILES string of the molecule is NC(=NCCCNc1cccc(F)c1)N1CCOCC1. The van der Waals surface area contributed by atoms with Crippen molar-refractivity contribution < 1.29 is 9.13 Å². The van der Waals surface area contributed by atoms with E-state index in [9.17, 15) is 4.39 Å². The number of morpholine rings is 1.